The number of fused-ring (bicyclic) bond motifs is 1. The van der Waals surface area contributed by atoms with Crippen molar-refractivity contribution in [1.29, 1.82) is 0 Å². The summed E-state index contributed by atoms with van der Waals surface area (Å²) in [6.45, 7) is 0.219. The van der Waals surface area contributed by atoms with E-state index in [2.05, 4.69) is 0 Å². The zero-order chi connectivity index (χ0) is 13.3. The average molecular weight is 286 g/mol. The van der Waals surface area contributed by atoms with Crippen LogP contribution in [0.15, 0.2) is 23.1 Å². The van der Waals surface area contributed by atoms with Gasteiger partial charge in [-0.1, -0.05) is 0 Å². The first-order valence-electron chi connectivity index (χ1n) is 5.44. The zero-order valence-corrected chi connectivity index (χ0v) is 11.6. The SMILES string of the molecule is CSCCCN1C(=O)c2cc(N)ccc2S1(=O)=O. The number of rotatable bonds is 4. The smallest absolute Gasteiger partial charge is 0.269 e. The highest BCUT2D eigenvalue weighted by Crippen LogP contribution is 2.31. The van der Waals surface area contributed by atoms with Gasteiger partial charge in [-0.15, -0.1) is 0 Å². The third-order valence-electron chi connectivity index (χ3n) is 2.74. The molecule has 0 aromatic heterocycles. The van der Waals surface area contributed by atoms with Crippen LogP contribution in [0.5, 0.6) is 0 Å². The standard InChI is InChI=1S/C11H14N2O3S2/c1-17-6-2-5-13-11(14)9-7-8(12)3-4-10(9)18(13,15)16/h3-4,7H,2,5-6,12H2,1H3. The molecule has 1 aromatic carbocycles. The zero-order valence-electron chi connectivity index (χ0n) is 9.92. The number of hydrogen-bond acceptors (Lipinski definition) is 5. The number of amides is 1. The van der Waals surface area contributed by atoms with Crippen molar-refractivity contribution in [2.24, 2.45) is 0 Å². The monoisotopic (exact) mass is 286 g/mol. The molecule has 0 bridgehead atoms. The van der Waals surface area contributed by atoms with Crippen LogP contribution in [0.4, 0.5) is 5.69 Å². The molecule has 0 fully saturated rings. The Bertz CT molecular complexity index is 584. The van der Waals surface area contributed by atoms with Gasteiger partial charge in [0.25, 0.3) is 15.9 Å². The van der Waals surface area contributed by atoms with E-state index in [1.54, 1.807) is 11.8 Å². The van der Waals surface area contributed by atoms with E-state index in [4.69, 9.17) is 5.73 Å². The summed E-state index contributed by atoms with van der Waals surface area (Å²) in [7, 11) is -3.67. The molecule has 0 spiro atoms. The molecule has 0 aliphatic carbocycles. The van der Waals surface area contributed by atoms with E-state index in [-0.39, 0.29) is 17.0 Å². The fourth-order valence-electron chi connectivity index (χ4n) is 1.88. The van der Waals surface area contributed by atoms with Crippen molar-refractivity contribution in [3.8, 4) is 0 Å². The summed E-state index contributed by atoms with van der Waals surface area (Å²) in [5, 5.41) is 0. The van der Waals surface area contributed by atoms with Crippen molar-refractivity contribution in [3.63, 3.8) is 0 Å². The Morgan fingerprint density at radius 3 is 2.78 bits per heavy atom. The Kier molecular flexibility index (Phi) is 3.54. The lowest BCUT2D eigenvalue weighted by Gasteiger charge is -2.14. The predicted molar refractivity (Wildman–Crippen MR) is 72.1 cm³/mol. The molecular weight excluding hydrogens is 272 g/mol. The van der Waals surface area contributed by atoms with Crippen LogP contribution >= 0.6 is 11.8 Å². The van der Waals surface area contributed by atoms with Crippen LogP contribution in [0.3, 0.4) is 0 Å². The first-order chi connectivity index (χ1) is 8.48. The highest BCUT2D eigenvalue weighted by Gasteiger charge is 2.40. The predicted octanol–water partition coefficient (Wildman–Crippen LogP) is 1.17. The number of benzene rings is 1. The van der Waals surface area contributed by atoms with Crippen LogP contribution in [0.2, 0.25) is 0 Å². The maximum Gasteiger partial charge on any atom is 0.269 e. The summed E-state index contributed by atoms with van der Waals surface area (Å²) in [5.74, 6) is 0.344. The number of sulfonamides is 1. The molecule has 18 heavy (non-hydrogen) atoms. The Hall–Kier alpha value is -1.21. The molecule has 0 saturated carbocycles. The van der Waals surface area contributed by atoms with Gasteiger partial charge in [0, 0.05) is 12.2 Å². The molecule has 2 N–H and O–H groups in total. The van der Waals surface area contributed by atoms with Crippen molar-refractivity contribution < 1.29 is 13.2 Å². The summed E-state index contributed by atoms with van der Waals surface area (Å²) in [6.07, 6.45) is 2.59. The second kappa shape index (κ2) is 4.81. The van der Waals surface area contributed by atoms with Crippen molar-refractivity contribution in [2.75, 3.05) is 24.3 Å². The third kappa shape index (κ3) is 2.08. The van der Waals surface area contributed by atoms with E-state index in [9.17, 15) is 13.2 Å². The van der Waals surface area contributed by atoms with Crippen LogP contribution in [-0.2, 0) is 10.0 Å². The number of nitrogen functional groups attached to an aromatic ring is 1. The van der Waals surface area contributed by atoms with Crippen molar-refractivity contribution in [3.05, 3.63) is 23.8 Å². The molecule has 0 saturated heterocycles. The fourth-order valence-corrected chi connectivity index (χ4v) is 3.88. The number of hydrogen-bond donors (Lipinski definition) is 1. The van der Waals surface area contributed by atoms with Gasteiger partial charge in [0.2, 0.25) is 0 Å². The van der Waals surface area contributed by atoms with Gasteiger partial charge in [0.1, 0.15) is 4.90 Å². The lowest BCUT2D eigenvalue weighted by atomic mass is 10.2. The number of nitrogens with zero attached hydrogens (tertiary/aromatic N) is 1. The minimum absolute atomic E-state index is 0.0610. The minimum Gasteiger partial charge on any atom is -0.399 e. The van der Waals surface area contributed by atoms with Crippen molar-refractivity contribution >= 4 is 33.4 Å². The summed E-state index contributed by atoms with van der Waals surface area (Å²) in [5.41, 5.74) is 6.15. The lowest BCUT2D eigenvalue weighted by molar-refractivity contribution is 0.0871. The maximum atomic E-state index is 12.2. The molecule has 1 heterocycles. The van der Waals surface area contributed by atoms with Gasteiger partial charge in [-0.2, -0.15) is 11.8 Å². The van der Waals surface area contributed by atoms with Gasteiger partial charge in [-0.3, -0.25) is 4.79 Å². The van der Waals surface area contributed by atoms with Gasteiger partial charge in [0.15, 0.2) is 0 Å². The van der Waals surface area contributed by atoms with Gasteiger partial charge in [-0.25, -0.2) is 12.7 Å². The Morgan fingerprint density at radius 1 is 1.39 bits per heavy atom. The highest BCUT2D eigenvalue weighted by atomic mass is 32.2. The molecule has 1 amide bonds. The molecule has 0 unspecified atom stereocenters. The highest BCUT2D eigenvalue weighted by molar-refractivity contribution is 7.98. The average Bonchev–Trinajstić information content (AvgIpc) is 2.50. The van der Waals surface area contributed by atoms with Crippen LogP contribution in [0, 0.1) is 0 Å². The van der Waals surface area contributed by atoms with Crippen LogP contribution in [-0.4, -0.2) is 37.2 Å². The molecule has 7 heteroatoms. The van der Waals surface area contributed by atoms with E-state index in [0.29, 0.717) is 12.1 Å². The Balaban J connectivity index is 2.35. The van der Waals surface area contributed by atoms with E-state index in [0.717, 1.165) is 10.1 Å². The molecule has 0 atom stereocenters. The molecular formula is C11H14N2O3S2. The second-order valence-corrected chi connectivity index (χ2v) is 6.80. The number of thioether (sulfide) groups is 1. The minimum atomic E-state index is -3.67. The Morgan fingerprint density at radius 2 is 2.11 bits per heavy atom. The number of nitrogens with two attached hydrogens (primary N) is 1. The number of carbonyl (C=O) groups excluding carboxylic acids is 1. The largest absolute Gasteiger partial charge is 0.399 e. The van der Waals surface area contributed by atoms with Crippen LogP contribution in [0.1, 0.15) is 16.8 Å². The molecule has 1 aliphatic rings. The first-order valence-corrected chi connectivity index (χ1v) is 8.27. The van der Waals surface area contributed by atoms with E-state index in [1.807, 2.05) is 6.26 Å². The molecule has 1 aromatic rings. The molecule has 0 radical (unpaired) electrons. The van der Waals surface area contributed by atoms with Crippen molar-refractivity contribution in [1.82, 2.24) is 4.31 Å². The molecule has 1 aliphatic heterocycles. The van der Waals surface area contributed by atoms with Crippen LogP contribution < -0.4 is 5.73 Å². The quantitative estimate of drug-likeness (QED) is 0.664. The third-order valence-corrected chi connectivity index (χ3v) is 5.28. The molecule has 98 valence electrons. The fraction of sp³-hybridized carbons (Fsp3) is 0.364. The summed E-state index contributed by atoms with van der Waals surface area (Å²) in [4.78, 5) is 12.1. The molecule has 2 rings (SSSR count). The number of anilines is 1. The van der Waals surface area contributed by atoms with Gasteiger partial charge < -0.3 is 5.73 Å². The normalized spacial score (nSPS) is 16.9. The molecule has 5 nitrogen and oxygen atoms in total. The lowest BCUT2D eigenvalue weighted by Crippen LogP contribution is -2.31. The summed E-state index contributed by atoms with van der Waals surface area (Å²) in [6, 6.07) is 4.31. The maximum absolute atomic E-state index is 12.2. The number of carbonyl (C=O) groups is 1. The summed E-state index contributed by atoms with van der Waals surface area (Å²) < 4.78 is 25.3. The van der Waals surface area contributed by atoms with Gasteiger partial charge in [0.05, 0.1) is 5.56 Å². The van der Waals surface area contributed by atoms with Gasteiger partial charge >= 0.3 is 0 Å². The van der Waals surface area contributed by atoms with Crippen molar-refractivity contribution in [2.45, 2.75) is 11.3 Å². The first kappa shape index (κ1) is 13.2. The van der Waals surface area contributed by atoms with E-state index >= 15 is 0 Å². The van der Waals surface area contributed by atoms with E-state index < -0.39 is 15.9 Å². The topological polar surface area (TPSA) is 80.5 Å². The van der Waals surface area contributed by atoms with Crippen LogP contribution in [0.25, 0.3) is 0 Å². The second-order valence-electron chi connectivity index (χ2n) is 3.98. The summed E-state index contributed by atoms with van der Waals surface area (Å²) >= 11 is 1.62. The van der Waals surface area contributed by atoms with Gasteiger partial charge in [-0.05, 0) is 36.6 Å². The van der Waals surface area contributed by atoms with E-state index in [1.165, 1.54) is 18.2 Å². The Labute approximate surface area is 110 Å².